The molecule has 0 aliphatic rings. The van der Waals surface area contributed by atoms with Gasteiger partial charge in [-0.3, -0.25) is 0 Å². The summed E-state index contributed by atoms with van der Waals surface area (Å²) in [4.78, 5) is 2.11. The number of hydrogen-bond donors (Lipinski definition) is 1. The van der Waals surface area contributed by atoms with Crippen LogP contribution in [0.15, 0.2) is 18.2 Å². The summed E-state index contributed by atoms with van der Waals surface area (Å²) in [5.41, 5.74) is 1.88. The molecule has 3 heteroatoms. The predicted molar refractivity (Wildman–Crippen MR) is 61.4 cm³/mol. The van der Waals surface area contributed by atoms with E-state index in [1.54, 1.807) is 6.07 Å². The van der Waals surface area contributed by atoms with Crippen LogP contribution in [0, 0.1) is 12.7 Å². The molecule has 1 aromatic carbocycles. The lowest BCUT2D eigenvalue weighted by Crippen LogP contribution is -2.27. The SMILES string of the molecule is CNCCN(C)Cc1cc(C)ccc1F. The number of likely N-dealkylation sites (N-methyl/N-ethyl adjacent to an activating group) is 2. The van der Waals surface area contributed by atoms with Crippen molar-refractivity contribution in [3.8, 4) is 0 Å². The zero-order valence-corrected chi connectivity index (χ0v) is 9.68. The van der Waals surface area contributed by atoms with Gasteiger partial charge in [-0.05, 0) is 27.1 Å². The average molecular weight is 210 g/mol. The van der Waals surface area contributed by atoms with Gasteiger partial charge < -0.3 is 10.2 Å². The van der Waals surface area contributed by atoms with Gasteiger partial charge in [0, 0.05) is 25.2 Å². The zero-order valence-electron chi connectivity index (χ0n) is 9.68. The van der Waals surface area contributed by atoms with Gasteiger partial charge in [-0.1, -0.05) is 17.7 Å². The van der Waals surface area contributed by atoms with Crippen molar-refractivity contribution in [3.05, 3.63) is 35.1 Å². The van der Waals surface area contributed by atoms with Gasteiger partial charge in [0.25, 0.3) is 0 Å². The Morgan fingerprint density at radius 3 is 2.80 bits per heavy atom. The molecule has 0 unspecified atom stereocenters. The van der Waals surface area contributed by atoms with E-state index >= 15 is 0 Å². The van der Waals surface area contributed by atoms with Crippen LogP contribution in [0.2, 0.25) is 0 Å². The summed E-state index contributed by atoms with van der Waals surface area (Å²) >= 11 is 0. The smallest absolute Gasteiger partial charge is 0.127 e. The maximum Gasteiger partial charge on any atom is 0.127 e. The van der Waals surface area contributed by atoms with Crippen LogP contribution in [-0.2, 0) is 6.54 Å². The molecule has 84 valence electrons. The number of rotatable bonds is 5. The standard InChI is InChI=1S/C12H19FN2/c1-10-4-5-12(13)11(8-10)9-15(3)7-6-14-2/h4-5,8,14H,6-7,9H2,1-3H3. The summed E-state index contributed by atoms with van der Waals surface area (Å²) < 4.78 is 13.4. The Balaban J connectivity index is 2.59. The quantitative estimate of drug-likeness (QED) is 0.797. The van der Waals surface area contributed by atoms with E-state index in [1.807, 2.05) is 27.1 Å². The van der Waals surface area contributed by atoms with Crippen LogP contribution in [0.5, 0.6) is 0 Å². The number of benzene rings is 1. The third-order valence-corrected chi connectivity index (χ3v) is 2.39. The van der Waals surface area contributed by atoms with Crippen molar-refractivity contribution < 1.29 is 4.39 Å². The van der Waals surface area contributed by atoms with Gasteiger partial charge in [-0.2, -0.15) is 0 Å². The molecule has 1 aromatic rings. The second-order valence-electron chi connectivity index (χ2n) is 3.94. The first-order chi connectivity index (χ1) is 7.13. The van der Waals surface area contributed by atoms with Crippen LogP contribution in [0.3, 0.4) is 0 Å². The summed E-state index contributed by atoms with van der Waals surface area (Å²) in [5, 5.41) is 3.07. The highest BCUT2D eigenvalue weighted by molar-refractivity contribution is 5.23. The van der Waals surface area contributed by atoms with Crippen LogP contribution in [0.1, 0.15) is 11.1 Å². The first kappa shape index (κ1) is 12.1. The number of aryl methyl sites for hydroxylation is 1. The van der Waals surface area contributed by atoms with Crippen molar-refractivity contribution in [3.63, 3.8) is 0 Å². The molecule has 1 rings (SSSR count). The van der Waals surface area contributed by atoms with E-state index in [-0.39, 0.29) is 5.82 Å². The summed E-state index contributed by atoms with van der Waals surface area (Å²) in [6.45, 7) is 4.49. The van der Waals surface area contributed by atoms with Gasteiger partial charge in [0.2, 0.25) is 0 Å². The second kappa shape index (κ2) is 5.83. The van der Waals surface area contributed by atoms with Gasteiger partial charge in [-0.15, -0.1) is 0 Å². The molecule has 0 spiro atoms. The van der Waals surface area contributed by atoms with Crippen LogP contribution < -0.4 is 5.32 Å². The normalized spacial score (nSPS) is 11.0. The molecule has 0 aliphatic carbocycles. The maximum absolute atomic E-state index is 13.4. The third kappa shape index (κ3) is 3.98. The molecule has 0 atom stereocenters. The fourth-order valence-corrected chi connectivity index (χ4v) is 1.50. The fourth-order valence-electron chi connectivity index (χ4n) is 1.50. The molecule has 2 nitrogen and oxygen atoms in total. The zero-order chi connectivity index (χ0) is 11.3. The summed E-state index contributed by atoms with van der Waals surface area (Å²) in [6.07, 6.45) is 0. The van der Waals surface area contributed by atoms with E-state index in [9.17, 15) is 4.39 Å². The number of nitrogens with one attached hydrogen (secondary N) is 1. The molecule has 1 N–H and O–H groups in total. The minimum atomic E-state index is -0.114. The van der Waals surface area contributed by atoms with E-state index in [1.165, 1.54) is 6.07 Å². The topological polar surface area (TPSA) is 15.3 Å². The van der Waals surface area contributed by atoms with Crippen LogP contribution in [0.4, 0.5) is 4.39 Å². The Morgan fingerprint density at radius 1 is 1.40 bits per heavy atom. The van der Waals surface area contributed by atoms with Crippen molar-refractivity contribution in [2.75, 3.05) is 27.2 Å². The molecule has 0 aliphatic heterocycles. The highest BCUT2D eigenvalue weighted by atomic mass is 19.1. The monoisotopic (exact) mass is 210 g/mol. The predicted octanol–water partition coefficient (Wildman–Crippen LogP) is 1.79. The maximum atomic E-state index is 13.4. The van der Waals surface area contributed by atoms with E-state index in [0.717, 1.165) is 24.2 Å². The van der Waals surface area contributed by atoms with Gasteiger partial charge in [0.05, 0.1) is 0 Å². The largest absolute Gasteiger partial charge is 0.318 e. The molecule has 0 aromatic heterocycles. The molecule has 0 saturated carbocycles. The first-order valence-corrected chi connectivity index (χ1v) is 5.21. The Labute approximate surface area is 91.1 Å². The lowest BCUT2D eigenvalue weighted by atomic mass is 10.1. The van der Waals surface area contributed by atoms with Crippen molar-refractivity contribution in [2.24, 2.45) is 0 Å². The number of nitrogens with zero attached hydrogens (tertiary/aromatic N) is 1. The van der Waals surface area contributed by atoms with Crippen molar-refractivity contribution in [1.82, 2.24) is 10.2 Å². The Hall–Kier alpha value is -0.930. The second-order valence-corrected chi connectivity index (χ2v) is 3.94. The van der Waals surface area contributed by atoms with Gasteiger partial charge in [-0.25, -0.2) is 4.39 Å². The minimum Gasteiger partial charge on any atom is -0.318 e. The molecular formula is C12H19FN2. The van der Waals surface area contributed by atoms with E-state index in [4.69, 9.17) is 0 Å². The Kier molecular flexibility index (Phi) is 4.72. The van der Waals surface area contributed by atoms with E-state index in [2.05, 4.69) is 10.2 Å². The lowest BCUT2D eigenvalue weighted by Gasteiger charge is -2.17. The van der Waals surface area contributed by atoms with Gasteiger partial charge >= 0.3 is 0 Å². The Morgan fingerprint density at radius 2 is 2.13 bits per heavy atom. The van der Waals surface area contributed by atoms with E-state index in [0.29, 0.717) is 6.54 Å². The van der Waals surface area contributed by atoms with Crippen LogP contribution in [-0.4, -0.2) is 32.1 Å². The molecule has 0 saturated heterocycles. The third-order valence-electron chi connectivity index (χ3n) is 2.39. The Bertz CT molecular complexity index is 312. The molecule has 0 bridgehead atoms. The number of hydrogen-bond acceptors (Lipinski definition) is 2. The number of halogens is 1. The van der Waals surface area contributed by atoms with Crippen LogP contribution in [0.25, 0.3) is 0 Å². The fraction of sp³-hybridized carbons (Fsp3) is 0.500. The minimum absolute atomic E-state index is 0.114. The van der Waals surface area contributed by atoms with E-state index < -0.39 is 0 Å². The highest BCUT2D eigenvalue weighted by Crippen LogP contribution is 2.11. The lowest BCUT2D eigenvalue weighted by molar-refractivity contribution is 0.322. The molecule has 15 heavy (non-hydrogen) atoms. The summed E-state index contributed by atoms with van der Waals surface area (Å²) in [6, 6.07) is 5.24. The average Bonchev–Trinajstić information content (AvgIpc) is 2.20. The van der Waals surface area contributed by atoms with Gasteiger partial charge in [0.15, 0.2) is 0 Å². The molecule has 0 amide bonds. The van der Waals surface area contributed by atoms with Crippen molar-refractivity contribution in [2.45, 2.75) is 13.5 Å². The van der Waals surface area contributed by atoms with Gasteiger partial charge in [0.1, 0.15) is 5.82 Å². The molecular weight excluding hydrogens is 191 g/mol. The first-order valence-electron chi connectivity index (χ1n) is 5.21. The van der Waals surface area contributed by atoms with Crippen molar-refractivity contribution >= 4 is 0 Å². The highest BCUT2D eigenvalue weighted by Gasteiger charge is 2.05. The van der Waals surface area contributed by atoms with Crippen LogP contribution >= 0.6 is 0 Å². The van der Waals surface area contributed by atoms with Crippen molar-refractivity contribution in [1.29, 1.82) is 0 Å². The summed E-state index contributed by atoms with van der Waals surface area (Å²) in [5.74, 6) is -0.114. The summed E-state index contributed by atoms with van der Waals surface area (Å²) in [7, 11) is 3.92. The molecule has 0 heterocycles. The molecule has 0 fully saturated rings. The molecule has 0 radical (unpaired) electrons.